The zero-order valence-corrected chi connectivity index (χ0v) is 8.09. The molecule has 0 aromatic carbocycles. The summed E-state index contributed by atoms with van der Waals surface area (Å²) >= 11 is 0. The number of hydrogen-bond donors (Lipinski definition) is 0. The summed E-state index contributed by atoms with van der Waals surface area (Å²) in [5.41, 5.74) is 0. The Kier molecular flexibility index (Phi) is 2.54. The first-order valence-corrected chi connectivity index (χ1v) is 4.27. The molecule has 0 N–H and O–H groups in total. The lowest BCUT2D eigenvalue weighted by Crippen LogP contribution is -2.46. The molecule has 1 aliphatic heterocycles. The molecule has 3 nitrogen and oxygen atoms in total. The van der Waals surface area contributed by atoms with Gasteiger partial charge in [0.25, 0.3) is 0 Å². The van der Waals surface area contributed by atoms with Gasteiger partial charge in [0.1, 0.15) is 6.10 Å². The van der Waals surface area contributed by atoms with E-state index in [1.165, 1.54) is 0 Å². The van der Waals surface area contributed by atoms with Gasteiger partial charge in [0.05, 0.1) is 6.10 Å². The van der Waals surface area contributed by atoms with Crippen molar-refractivity contribution in [1.82, 2.24) is 0 Å². The van der Waals surface area contributed by atoms with Gasteiger partial charge < -0.3 is 9.47 Å². The van der Waals surface area contributed by atoms with Crippen molar-refractivity contribution in [3.8, 4) is 0 Å². The lowest BCUT2D eigenvalue weighted by atomic mass is 10.1. The number of ketones is 1. The Balaban J connectivity index is 2.64. The Hall–Kier alpha value is -0.410. The molecule has 0 aromatic rings. The minimum absolute atomic E-state index is 0.0817. The number of carbonyl (C=O) groups excluding carboxylic acids is 1. The van der Waals surface area contributed by atoms with Gasteiger partial charge in [0.15, 0.2) is 11.6 Å². The zero-order chi connectivity index (χ0) is 9.35. The first kappa shape index (κ1) is 9.68. The summed E-state index contributed by atoms with van der Waals surface area (Å²) in [5, 5.41) is 0. The quantitative estimate of drug-likeness (QED) is 0.601. The predicted molar refractivity (Wildman–Crippen MR) is 44.8 cm³/mol. The number of carbonyl (C=O) groups is 1. The topological polar surface area (TPSA) is 35.5 Å². The SMILES string of the molecule is CC(=O)[C@H]1C[C@@H](C)OC(C)(C)O1. The van der Waals surface area contributed by atoms with Gasteiger partial charge >= 0.3 is 0 Å². The zero-order valence-electron chi connectivity index (χ0n) is 8.09. The van der Waals surface area contributed by atoms with Crippen LogP contribution in [0, 0.1) is 0 Å². The molecule has 0 spiro atoms. The van der Waals surface area contributed by atoms with E-state index in [0.29, 0.717) is 6.42 Å². The molecule has 1 rings (SSSR count). The van der Waals surface area contributed by atoms with Crippen molar-refractivity contribution in [2.75, 3.05) is 0 Å². The molecule has 2 atom stereocenters. The average Bonchev–Trinajstić information content (AvgIpc) is 1.82. The van der Waals surface area contributed by atoms with Gasteiger partial charge in [0, 0.05) is 6.42 Å². The maximum atomic E-state index is 11.1. The first-order chi connectivity index (χ1) is 5.41. The normalized spacial score (nSPS) is 34.7. The second-order valence-corrected chi connectivity index (χ2v) is 3.78. The first-order valence-electron chi connectivity index (χ1n) is 4.27. The van der Waals surface area contributed by atoms with E-state index in [1.54, 1.807) is 6.92 Å². The molecule has 0 unspecified atom stereocenters. The summed E-state index contributed by atoms with van der Waals surface area (Å²) in [4.78, 5) is 11.1. The van der Waals surface area contributed by atoms with E-state index in [9.17, 15) is 4.79 Å². The van der Waals surface area contributed by atoms with E-state index in [0.717, 1.165) is 0 Å². The van der Waals surface area contributed by atoms with Crippen LogP contribution >= 0.6 is 0 Å². The van der Waals surface area contributed by atoms with Crippen molar-refractivity contribution in [3.63, 3.8) is 0 Å². The van der Waals surface area contributed by atoms with Crippen LogP contribution in [0.5, 0.6) is 0 Å². The highest BCUT2D eigenvalue weighted by molar-refractivity contribution is 5.80. The van der Waals surface area contributed by atoms with Crippen molar-refractivity contribution in [2.45, 2.75) is 52.1 Å². The Labute approximate surface area is 73.0 Å². The third-order valence-electron chi connectivity index (χ3n) is 1.91. The fourth-order valence-corrected chi connectivity index (χ4v) is 1.50. The van der Waals surface area contributed by atoms with Gasteiger partial charge in [-0.2, -0.15) is 0 Å². The van der Waals surface area contributed by atoms with Crippen molar-refractivity contribution in [1.29, 1.82) is 0 Å². The van der Waals surface area contributed by atoms with Crippen molar-refractivity contribution < 1.29 is 14.3 Å². The van der Waals surface area contributed by atoms with E-state index in [4.69, 9.17) is 9.47 Å². The number of hydrogen-bond acceptors (Lipinski definition) is 3. The largest absolute Gasteiger partial charge is 0.347 e. The Morgan fingerprint density at radius 2 is 2.00 bits per heavy atom. The average molecular weight is 172 g/mol. The maximum absolute atomic E-state index is 11.1. The maximum Gasteiger partial charge on any atom is 0.164 e. The molecular weight excluding hydrogens is 156 g/mol. The van der Waals surface area contributed by atoms with Gasteiger partial charge in [-0.15, -0.1) is 0 Å². The standard InChI is InChI=1S/C9H16O3/c1-6-5-8(7(2)10)12-9(3,4)11-6/h6,8H,5H2,1-4H3/t6-,8-/m1/s1. The molecule has 0 aromatic heterocycles. The minimum Gasteiger partial charge on any atom is -0.347 e. The number of Topliss-reactive ketones (excluding diaryl/α,β-unsaturated/α-hetero) is 1. The lowest BCUT2D eigenvalue weighted by molar-refractivity contribution is -0.289. The fourth-order valence-electron chi connectivity index (χ4n) is 1.50. The molecule has 1 aliphatic rings. The molecular formula is C9H16O3. The van der Waals surface area contributed by atoms with E-state index < -0.39 is 5.79 Å². The summed E-state index contributed by atoms with van der Waals surface area (Å²) in [6, 6.07) is 0. The third-order valence-corrected chi connectivity index (χ3v) is 1.91. The van der Waals surface area contributed by atoms with E-state index in [2.05, 4.69) is 0 Å². The van der Waals surface area contributed by atoms with Crippen LogP contribution < -0.4 is 0 Å². The Morgan fingerprint density at radius 1 is 1.42 bits per heavy atom. The Morgan fingerprint density at radius 3 is 2.42 bits per heavy atom. The number of rotatable bonds is 1. The summed E-state index contributed by atoms with van der Waals surface area (Å²) < 4.78 is 10.9. The smallest absolute Gasteiger partial charge is 0.164 e. The van der Waals surface area contributed by atoms with Gasteiger partial charge in [-0.05, 0) is 27.7 Å². The molecule has 3 heteroatoms. The Bertz CT molecular complexity index is 186. The second kappa shape index (κ2) is 3.15. The molecule has 0 radical (unpaired) electrons. The summed E-state index contributed by atoms with van der Waals surface area (Å²) in [6.07, 6.45) is 0.477. The molecule has 1 saturated heterocycles. The highest BCUT2D eigenvalue weighted by Gasteiger charge is 2.35. The van der Waals surface area contributed by atoms with Crippen LogP contribution in [0.4, 0.5) is 0 Å². The van der Waals surface area contributed by atoms with E-state index in [1.807, 2.05) is 20.8 Å². The lowest BCUT2D eigenvalue weighted by Gasteiger charge is -2.38. The van der Waals surface area contributed by atoms with Crippen LogP contribution in [0.2, 0.25) is 0 Å². The minimum atomic E-state index is -0.617. The second-order valence-electron chi connectivity index (χ2n) is 3.78. The fraction of sp³-hybridized carbons (Fsp3) is 0.889. The van der Waals surface area contributed by atoms with Gasteiger partial charge in [-0.25, -0.2) is 0 Å². The van der Waals surface area contributed by atoms with Crippen LogP contribution in [0.1, 0.15) is 34.1 Å². The summed E-state index contributed by atoms with van der Waals surface area (Å²) in [7, 11) is 0. The monoisotopic (exact) mass is 172 g/mol. The van der Waals surface area contributed by atoms with E-state index in [-0.39, 0.29) is 18.0 Å². The highest BCUT2D eigenvalue weighted by Crippen LogP contribution is 2.26. The van der Waals surface area contributed by atoms with Crippen LogP contribution in [0.3, 0.4) is 0 Å². The van der Waals surface area contributed by atoms with Gasteiger partial charge in [-0.3, -0.25) is 4.79 Å². The van der Waals surface area contributed by atoms with Gasteiger partial charge in [0.2, 0.25) is 0 Å². The molecule has 0 aliphatic carbocycles. The third kappa shape index (κ3) is 2.29. The molecule has 0 bridgehead atoms. The molecule has 1 fully saturated rings. The van der Waals surface area contributed by atoms with Crippen LogP contribution in [-0.2, 0) is 14.3 Å². The predicted octanol–water partition coefficient (Wildman–Crippen LogP) is 1.51. The molecule has 0 saturated carbocycles. The van der Waals surface area contributed by atoms with Gasteiger partial charge in [-0.1, -0.05) is 0 Å². The van der Waals surface area contributed by atoms with Crippen LogP contribution in [0.25, 0.3) is 0 Å². The summed E-state index contributed by atoms with van der Waals surface area (Å²) in [5.74, 6) is -0.535. The van der Waals surface area contributed by atoms with Crippen molar-refractivity contribution in [3.05, 3.63) is 0 Å². The van der Waals surface area contributed by atoms with Crippen molar-refractivity contribution in [2.24, 2.45) is 0 Å². The van der Waals surface area contributed by atoms with Crippen LogP contribution in [0.15, 0.2) is 0 Å². The summed E-state index contributed by atoms with van der Waals surface area (Å²) in [6.45, 7) is 7.18. The molecule has 70 valence electrons. The molecule has 0 amide bonds. The number of ether oxygens (including phenoxy) is 2. The van der Waals surface area contributed by atoms with Crippen molar-refractivity contribution >= 4 is 5.78 Å². The van der Waals surface area contributed by atoms with E-state index >= 15 is 0 Å². The van der Waals surface area contributed by atoms with Crippen LogP contribution in [-0.4, -0.2) is 23.8 Å². The highest BCUT2D eigenvalue weighted by atomic mass is 16.7. The molecule has 1 heterocycles. The molecule has 12 heavy (non-hydrogen) atoms.